The monoisotopic (exact) mass is 208 g/mol. The predicted molar refractivity (Wildman–Crippen MR) is 54.4 cm³/mol. The lowest BCUT2D eigenvalue weighted by atomic mass is 10.2. The molecule has 1 amide bonds. The molecule has 0 fully saturated rings. The lowest BCUT2D eigenvalue weighted by molar-refractivity contribution is -0.124. The van der Waals surface area contributed by atoms with Crippen molar-refractivity contribution in [3.8, 4) is 0 Å². The molecular formula is C10H12N2O3. The molecule has 0 spiro atoms. The van der Waals surface area contributed by atoms with Crippen molar-refractivity contribution in [2.24, 2.45) is 7.05 Å². The first-order valence-corrected chi connectivity index (χ1v) is 4.34. The van der Waals surface area contributed by atoms with E-state index in [9.17, 15) is 9.59 Å². The second-order valence-electron chi connectivity index (χ2n) is 3.13. The van der Waals surface area contributed by atoms with Gasteiger partial charge in [0, 0.05) is 30.6 Å². The highest BCUT2D eigenvalue weighted by Gasteiger charge is 2.04. The van der Waals surface area contributed by atoms with Gasteiger partial charge in [-0.25, -0.2) is 5.48 Å². The zero-order valence-electron chi connectivity index (χ0n) is 8.52. The van der Waals surface area contributed by atoms with Gasteiger partial charge in [0.25, 0.3) is 5.91 Å². The van der Waals surface area contributed by atoms with Gasteiger partial charge in [0.1, 0.15) is 0 Å². The van der Waals surface area contributed by atoms with E-state index in [0.29, 0.717) is 11.3 Å². The molecule has 1 aromatic rings. The number of ketones is 1. The third kappa shape index (κ3) is 2.78. The Bertz CT molecular complexity index is 418. The molecule has 0 atom stereocenters. The molecule has 0 bridgehead atoms. The van der Waals surface area contributed by atoms with Crippen LogP contribution in [0.1, 0.15) is 23.0 Å². The van der Waals surface area contributed by atoms with Crippen LogP contribution in [0.25, 0.3) is 6.08 Å². The first kappa shape index (κ1) is 11.2. The van der Waals surface area contributed by atoms with E-state index < -0.39 is 5.91 Å². The molecule has 0 saturated heterocycles. The molecule has 0 aromatic carbocycles. The summed E-state index contributed by atoms with van der Waals surface area (Å²) in [5, 5.41) is 8.26. The molecular weight excluding hydrogens is 196 g/mol. The molecule has 0 radical (unpaired) electrons. The minimum absolute atomic E-state index is 0.0307. The molecule has 0 aliphatic rings. The van der Waals surface area contributed by atoms with E-state index in [2.05, 4.69) is 0 Å². The van der Waals surface area contributed by atoms with Crippen LogP contribution in [-0.2, 0) is 11.8 Å². The molecule has 0 saturated carbocycles. The summed E-state index contributed by atoms with van der Waals surface area (Å²) in [6.45, 7) is 1.48. The van der Waals surface area contributed by atoms with E-state index in [0.717, 1.165) is 0 Å². The summed E-state index contributed by atoms with van der Waals surface area (Å²) >= 11 is 0. The first-order chi connectivity index (χ1) is 7.04. The Balaban J connectivity index is 2.91. The topological polar surface area (TPSA) is 71.3 Å². The molecule has 0 aliphatic heterocycles. The molecule has 2 N–H and O–H groups in total. The van der Waals surface area contributed by atoms with Crippen molar-refractivity contribution in [3.63, 3.8) is 0 Å². The Kier molecular flexibility index (Phi) is 3.41. The molecule has 0 unspecified atom stereocenters. The first-order valence-electron chi connectivity index (χ1n) is 4.34. The van der Waals surface area contributed by atoms with Crippen molar-refractivity contribution in [3.05, 3.63) is 29.6 Å². The normalized spacial score (nSPS) is 10.6. The molecule has 1 rings (SSSR count). The summed E-state index contributed by atoms with van der Waals surface area (Å²) in [4.78, 5) is 21.8. The van der Waals surface area contributed by atoms with Crippen LogP contribution in [0.2, 0.25) is 0 Å². The quantitative estimate of drug-likeness (QED) is 0.333. The van der Waals surface area contributed by atoms with Gasteiger partial charge in [-0.05, 0) is 19.1 Å². The van der Waals surface area contributed by atoms with Gasteiger partial charge in [-0.15, -0.1) is 0 Å². The molecule has 5 nitrogen and oxygen atoms in total. The molecule has 1 aromatic heterocycles. The molecule has 1 heterocycles. The van der Waals surface area contributed by atoms with Gasteiger partial charge in [-0.2, -0.15) is 0 Å². The van der Waals surface area contributed by atoms with E-state index >= 15 is 0 Å². The van der Waals surface area contributed by atoms with Crippen LogP contribution >= 0.6 is 0 Å². The highest BCUT2D eigenvalue weighted by atomic mass is 16.5. The van der Waals surface area contributed by atoms with Crippen molar-refractivity contribution in [1.29, 1.82) is 0 Å². The van der Waals surface area contributed by atoms with Gasteiger partial charge in [-0.3, -0.25) is 14.8 Å². The fourth-order valence-electron chi connectivity index (χ4n) is 1.14. The van der Waals surface area contributed by atoms with E-state index in [1.165, 1.54) is 24.6 Å². The van der Waals surface area contributed by atoms with Gasteiger partial charge in [0.05, 0.1) is 0 Å². The van der Waals surface area contributed by atoms with Crippen LogP contribution < -0.4 is 5.48 Å². The van der Waals surface area contributed by atoms with Crippen molar-refractivity contribution in [1.82, 2.24) is 10.0 Å². The largest absolute Gasteiger partial charge is 0.350 e. The van der Waals surface area contributed by atoms with Crippen LogP contribution in [0.15, 0.2) is 18.3 Å². The number of rotatable bonds is 3. The zero-order chi connectivity index (χ0) is 11.4. The van der Waals surface area contributed by atoms with Crippen molar-refractivity contribution >= 4 is 17.8 Å². The second kappa shape index (κ2) is 4.56. The summed E-state index contributed by atoms with van der Waals surface area (Å²) in [7, 11) is 1.77. The minimum atomic E-state index is -0.611. The number of hydroxylamine groups is 1. The highest BCUT2D eigenvalue weighted by Crippen LogP contribution is 2.09. The number of carbonyl (C=O) groups excluding carboxylic acids is 2. The highest BCUT2D eigenvalue weighted by molar-refractivity contribution is 5.95. The van der Waals surface area contributed by atoms with Crippen LogP contribution in [0, 0.1) is 0 Å². The van der Waals surface area contributed by atoms with Crippen LogP contribution in [-0.4, -0.2) is 21.5 Å². The lowest BCUT2D eigenvalue weighted by Crippen LogP contribution is -2.14. The SMILES string of the molecule is CC(=O)c1cc(/C=C/C(=O)NO)n(C)c1. The minimum Gasteiger partial charge on any atom is -0.350 e. The van der Waals surface area contributed by atoms with Crippen LogP contribution in [0.3, 0.4) is 0 Å². The standard InChI is InChI=1S/C10H12N2O3/c1-7(13)8-5-9(12(2)6-8)3-4-10(14)11-15/h3-6,15H,1-2H3,(H,11,14)/b4-3+. The number of hydrogen-bond donors (Lipinski definition) is 2. The second-order valence-corrected chi connectivity index (χ2v) is 3.13. The van der Waals surface area contributed by atoms with Crippen LogP contribution in [0.5, 0.6) is 0 Å². The Morgan fingerprint density at radius 1 is 1.53 bits per heavy atom. The van der Waals surface area contributed by atoms with Crippen molar-refractivity contribution in [2.75, 3.05) is 0 Å². The Hall–Kier alpha value is -1.88. The number of aromatic nitrogens is 1. The molecule has 5 heteroatoms. The maximum absolute atomic E-state index is 11.0. The summed E-state index contributed by atoms with van der Waals surface area (Å²) < 4.78 is 1.72. The van der Waals surface area contributed by atoms with Crippen molar-refractivity contribution in [2.45, 2.75) is 6.92 Å². The predicted octanol–water partition coefficient (Wildman–Crippen LogP) is 0.746. The van der Waals surface area contributed by atoms with E-state index in [-0.39, 0.29) is 5.78 Å². The number of Topliss-reactive ketones (excluding diaryl/α,β-unsaturated/α-hetero) is 1. The third-order valence-electron chi connectivity index (χ3n) is 1.97. The Morgan fingerprint density at radius 2 is 2.20 bits per heavy atom. The number of hydrogen-bond acceptors (Lipinski definition) is 3. The fourth-order valence-corrected chi connectivity index (χ4v) is 1.14. The van der Waals surface area contributed by atoms with Gasteiger partial charge in [-0.1, -0.05) is 0 Å². The van der Waals surface area contributed by atoms with Gasteiger partial charge < -0.3 is 4.57 Å². The Morgan fingerprint density at radius 3 is 2.67 bits per heavy atom. The number of aryl methyl sites for hydroxylation is 1. The molecule has 80 valence electrons. The van der Waals surface area contributed by atoms with Gasteiger partial charge in [0.2, 0.25) is 0 Å². The summed E-state index contributed by atoms with van der Waals surface area (Å²) in [6, 6.07) is 1.67. The van der Waals surface area contributed by atoms with E-state index in [4.69, 9.17) is 5.21 Å². The van der Waals surface area contributed by atoms with Gasteiger partial charge in [0.15, 0.2) is 5.78 Å². The van der Waals surface area contributed by atoms with Gasteiger partial charge >= 0.3 is 0 Å². The number of amides is 1. The smallest absolute Gasteiger partial charge is 0.267 e. The average Bonchev–Trinajstić information content (AvgIpc) is 2.56. The average molecular weight is 208 g/mol. The summed E-state index contributed by atoms with van der Waals surface area (Å²) in [6.07, 6.45) is 4.37. The number of nitrogens with zero attached hydrogens (tertiary/aromatic N) is 1. The molecule has 0 aliphatic carbocycles. The maximum atomic E-state index is 11.0. The number of nitrogens with one attached hydrogen (secondary N) is 1. The van der Waals surface area contributed by atoms with E-state index in [1.807, 2.05) is 0 Å². The lowest BCUT2D eigenvalue weighted by Gasteiger charge is -1.94. The van der Waals surface area contributed by atoms with Crippen LogP contribution in [0.4, 0.5) is 0 Å². The fraction of sp³-hybridized carbons (Fsp3) is 0.200. The maximum Gasteiger partial charge on any atom is 0.267 e. The molecule has 15 heavy (non-hydrogen) atoms. The summed E-state index contributed by atoms with van der Waals surface area (Å²) in [5.41, 5.74) is 2.78. The zero-order valence-corrected chi connectivity index (χ0v) is 8.52. The number of carbonyl (C=O) groups is 2. The van der Waals surface area contributed by atoms with Crippen molar-refractivity contribution < 1.29 is 14.8 Å². The van der Waals surface area contributed by atoms with E-state index in [1.54, 1.807) is 23.9 Å². The third-order valence-corrected chi connectivity index (χ3v) is 1.97. The Labute approximate surface area is 87.0 Å². The summed E-state index contributed by atoms with van der Waals surface area (Å²) in [5.74, 6) is -0.641.